The van der Waals surface area contributed by atoms with E-state index in [1.807, 2.05) is 0 Å². The predicted octanol–water partition coefficient (Wildman–Crippen LogP) is 5.76. The average molecular weight is 441 g/mol. The highest BCUT2D eigenvalue weighted by molar-refractivity contribution is 5.88. The average Bonchev–Trinajstić information content (AvgIpc) is 3.31. The fourth-order valence-electron chi connectivity index (χ4n) is 5.26. The second kappa shape index (κ2) is 9.82. The minimum atomic E-state index is 0.509. The van der Waals surface area contributed by atoms with Gasteiger partial charge < -0.3 is 14.8 Å². The number of fused-ring (bicyclic) bond motifs is 2. The smallest absolute Gasteiger partial charge is 0.123 e. The van der Waals surface area contributed by atoms with Gasteiger partial charge in [0.1, 0.15) is 11.5 Å². The Balaban J connectivity index is 1.32. The van der Waals surface area contributed by atoms with Crippen LogP contribution in [-0.4, -0.2) is 38.3 Å². The number of likely N-dealkylation sites (tertiary alicyclic amines) is 1. The zero-order chi connectivity index (χ0) is 22.6. The Morgan fingerprint density at radius 3 is 2.06 bits per heavy atom. The normalized spacial score (nSPS) is 16.5. The van der Waals surface area contributed by atoms with Gasteiger partial charge in [0.25, 0.3) is 0 Å². The summed E-state index contributed by atoms with van der Waals surface area (Å²) in [5.41, 5.74) is 2.52. The molecule has 0 unspecified atom stereocenters. The standard InChI is InChI=1S/C29H32N2O2/c1-32-28-15-13-21-8-3-5-11-24(21)26(28)19-30-18-23-10-7-17-31(23)20-27-25-12-6-4-9-22(25)14-16-29(27)33-2/h3-6,8-9,11-16,23,30H,7,10,17-20H2,1-2H3/t23-/m1/s1. The van der Waals surface area contributed by atoms with Crippen molar-refractivity contribution in [1.82, 2.24) is 10.2 Å². The number of rotatable bonds is 8. The Bertz CT molecular complexity index is 1250. The number of methoxy groups -OCH3 is 2. The number of nitrogens with zero attached hydrogens (tertiary/aromatic N) is 1. The maximum atomic E-state index is 5.75. The zero-order valence-electron chi connectivity index (χ0n) is 19.5. The lowest BCUT2D eigenvalue weighted by atomic mass is 10.0. The molecule has 0 radical (unpaired) electrons. The fraction of sp³-hybridized carbons (Fsp3) is 0.310. The van der Waals surface area contributed by atoms with Crippen LogP contribution in [0.1, 0.15) is 24.0 Å². The minimum Gasteiger partial charge on any atom is -0.496 e. The summed E-state index contributed by atoms with van der Waals surface area (Å²) in [5.74, 6) is 1.93. The van der Waals surface area contributed by atoms with E-state index in [1.165, 1.54) is 45.5 Å². The topological polar surface area (TPSA) is 33.7 Å². The van der Waals surface area contributed by atoms with Crippen molar-refractivity contribution in [2.45, 2.75) is 32.0 Å². The lowest BCUT2D eigenvalue weighted by molar-refractivity contribution is 0.236. The van der Waals surface area contributed by atoms with E-state index in [0.29, 0.717) is 6.04 Å². The number of ether oxygens (including phenoxy) is 2. The van der Waals surface area contributed by atoms with E-state index in [9.17, 15) is 0 Å². The third-order valence-electron chi connectivity index (χ3n) is 6.98. The fourth-order valence-corrected chi connectivity index (χ4v) is 5.26. The Morgan fingerprint density at radius 1 is 0.788 bits per heavy atom. The maximum absolute atomic E-state index is 5.75. The second-order valence-corrected chi connectivity index (χ2v) is 8.83. The van der Waals surface area contributed by atoms with Crippen LogP contribution in [0.15, 0.2) is 72.8 Å². The zero-order valence-corrected chi connectivity index (χ0v) is 19.5. The minimum absolute atomic E-state index is 0.509. The molecule has 0 bridgehead atoms. The Labute approximate surface area is 196 Å². The molecule has 1 saturated heterocycles. The van der Waals surface area contributed by atoms with E-state index in [4.69, 9.17) is 9.47 Å². The molecule has 0 aromatic heterocycles. The van der Waals surface area contributed by atoms with Crippen LogP contribution in [-0.2, 0) is 13.1 Å². The van der Waals surface area contributed by atoms with Crippen LogP contribution in [0, 0.1) is 0 Å². The highest BCUT2D eigenvalue weighted by atomic mass is 16.5. The molecule has 170 valence electrons. The number of nitrogens with one attached hydrogen (secondary N) is 1. The third-order valence-corrected chi connectivity index (χ3v) is 6.98. The van der Waals surface area contributed by atoms with Crippen molar-refractivity contribution >= 4 is 21.5 Å². The largest absolute Gasteiger partial charge is 0.496 e. The molecule has 0 aliphatic carbocycles. The number of hydrogen-bond donors (Lipinski definition) is 1. The molecule has 4 aromatic rings. The van der Waals surface area contributed by atoms with Crippen LogP contribution in [0.5, 0.6) is 11.5 Å². The summed E-state index contributed by atoms with van der Waals surface area (Å²) in [7, 11) is 3.53. The lowest BCUT2D eigenvalue weighted by Crippen LogP contribution is -2.37. The quantitative estimate of drug-likeness (QED) is 0.377. The van der Waals surface area contributed by atoms with Gasteiger partial charge in [-0.25, -0.2) is 0 Å². The summed E-state index contributed by atoms with van der Waals surface area (Å²) < 4.78 is 11.4. The number of hydrogen-bond acceptors (Lipinski definition) is 4. The van der Waals surface area contributed by atoms with Crippen molar-refractivity contribution in [3.8, 4) is 11.5 Å². The van der Waals surface area contributed by atoms with E-state index in [-0.39, 0.29) is 0 Å². The molecule has 4 nitrogen and oxygen atoms in total. The van der Waals surface area contributed by atoms with E-state index in [2.05, 4.69) is 83.0 Å². The number of benzene rings is 4. The van der Waals surface area contributed by atoms with E-state index in [0.717, 1.165) is 37.7 Å². The molecule has 1 fully saturated rings. The second-order valence-electron chi connectivity index (χ2n) is 8.83. The van der Waals surface area contributed by atoms with Gasteiger partial charge in [0.05, 0.1) is 14.2 Å². The summed E-state index contributed by atoms with van der Waals surface area (Å²) in [6, 6.07) is 26.1. The van der Waals surface area contributed by atoms with Crippen molar-refractivity contribution in [3.05, 3.63) is 83.9 Å². The van der Waals surface area contributed by atoms with Crippen LogP contribution in [0.2, 0.25) is 0 Å². The molecule has 4 aromatic carbocycles. The van der Waals surface area contributed by atoms with Gasteiger partial charge in [0.15, 0.2) is 0 Å². The Kier molecular flexibility index (Phi) is 6.47. The Morgan fingerprint density at radius 2 is 1.39 bits per heavy atom. The highest BCUT2D eigenvalue weighted by Crippen LogP contribution is 2.32. The first-order chi connectivity index (χ1) is 16.3. The summed E-state index contributed by atoms with van der Waals surface area (Å²) in [5, 5.41) is 8.80. The van der Waals surface area contributed by atoms with Gasteiger partial charge in [-0.3, -0.25) is 4.90 Å². The van der Waals surface area contributed by atoms with Crippen molar-refractivity contribution in [1.29, 1.82) is 0 Å². The van der Waals surface area contributed by atoms with Gasteiger partial charge in [-0.15, -0.1) is 0 Å². The van der Waals surface area contributed by atoms with Crippen LogP contribution in [0.25, 0.3) is 21.5 Å². The van der Waals surface area contributed by atoms with E-state index in [1.54, 1.807) is 14.2 Å². The van der Waals surface area contributed by atoms with E-state index >= 15 is 0 Å². The van der Waals surface area contributed by atoms with Gasteiger partial charge in [0.2, 0.25) is 0 Å². The van der Waals surface area contributed by atoms with Crippen LogP contribution < -0.4 is 14.8 Å². The molecule has 4 heteroatoms. The molecular formula is C29H32N2O2. The first-order valence-corrected chi connectivity index (χ1v) is 11.8. The van der Waals surface area contributed by atoms with Crippen molar-refractivity contribution in [2.75, 3.05) is 27.3 Å². The molecule has 0 spiro atoms. The molecule has 1 N–H and O–H groups in total. The molecule has 1 heterocycles. The summed E-state index contributed by atoms with van der Waals surface area (Å²) in [4.78, 5) is 2.61. The third kappa shape index (κ3) is 4.41. The highest BCUT2D eigenvalue weighted by Gasteiger charge is 2.26. The van der Waals surface area contributed by atoms with Crippen molar-refractivity contribution < 1.29 is 9.47 Å². The summed E-state index contributed by atoms with van der Waals surface area (Å²) in [6.45, 7) is 3.79. The molecular weight excluding hydrogens is 408 g/mol. The van der Waals surface area contributed by atoms with E-state index < -0.39 is 0 Å². The van der Waals surface area contributed by atoms with Gasteiger partial charge in [-0.05, 0) is 53.1 Å². The maximum Gasteiger partial charge on any atom is 0.123 e. The molecule has 5 rings (SSSR count). The summed E-state index contributed by atoms with van der Waals surface area (Å²) in [6.07, 6.45) is 2.45. The SMILES string of the molecule is COc1ccc2ccccc2c1CNC[C@H]1CCCN1Cc1c(OC)ccc2ccccc12. The van der Waals surface area contributed by atoms with Gasteiger partial charge in [0, 0.05) is 36.8 Å². The van der Waals surface area contributed by atoms with Crippen LogP contribution in [0.4, 0.5) is 0 Å². The molecule has 0 amide bonds. The van der Waals surface area contributed by atoms with Gasteiger partial charge in [-0.1, -0.05) is 60.7 Å². The van der Waals surface area contributed by atoms with Gasteiger partial charge in [-0.2, -0.15) is 0 Å². The molecule has 33 heavy (non-hydrogen) atoms. The monoisotopic (exact) mass is 440 g/mol. The van der Waals surface area contributed by atoms with Crippen LogP contribution in [0.3, 0.4) is 0 Å². The molecule has 1 aliphatic heterocycles. The predicted molar refractivity (Wildman–Crippen MR) is 136 cm³/mol. The first kappa shape index (κ1) is 21.7. The molecule has 0 saturated carbocycles. The first-order valence-electron chi connectivity index (χ1n) is 11.8. The van der Waals surface area contributed by atoms with Crippen molar-refractivity contribution in [2.24, 2.45) is 0 Å². The molecule has 1 atom stereocenters. The van der Waals surface area contributed by atoms with Crippen molar-refractivity contribution in [3.63, 3.8) is 0 Å². The van der Waals surface area contributed by atoms with Crippen LogP contribution >= 0.6 is 0 Å². The Hall–Kier alpha value is -3.08. The molecule has 1 aliphatic rings. The summed E-state index contributed by atoms with van der Waals surface area (Å²) >= 11 is 0. The van der Waals surface area contributed by atoms with Gasteiger partial charge >= 0.3 is 0 Å². The lowest BCUT2D eigenvalue weighted by Gasteiger charge is -2.26.